The summed E-state index contributed by atoms with van der Waals surface area (Å²) in [5, 5.41) is 2.59. The van der Waals surface area contributed by atoms with Crippen molar-refractivity contribution in [1.82, 2.24) is 5.32 Å². The quantitative estimate of drug-likeness (QED) is 0.706. The Labute approximate surface area is 142 Å². The van der Waals surface area contributed by atoms with Gasteiger partial charge in [0.05, 0.1) is 10.6 Å². The molecule has 0 bridgehead atoms. The van der Waals surface area contributed by atoms with Gasteiger partial charge in [0.2, 0.25) is 0 Å². The van der Waals surface area contributed by atoms with E-state index >= 15 is 0 Å². The largest absolute Gasteiger partial charge is 0.352 e. The summed E-state index contributed by atoms with van der Waals surface area (Å²) in [6.45, 7) is 4.60. The van der Waals surface area contributed by atoms with Crippen molar-refractivity contribution < 1.29 is 13.2 Å². The summed E-state index contributed by atoms with van der Waals surface area (Å²) in [5.41, 5.74) is 0.0798. The van der Waals surface area contributed by atoms with E-state index < -0.39 is 15.0 Å². The summed E-state index contributed by atoms with van der Waals surface area (Å²) in [7, 11) is 1.30. The van der Waals surface area contributed by atoms with Crippen molar-refractivity contribution in [2.75, 3.05) is 6.54 Å². The third kappa shape index (κ3) is 5.13. The van der Waals surface area contributed by atoms with Crippen molar-refractivity contribution in [3.05, 3.63) is 27.2 Å². The smallest absolute Gasteiger partial charge is 0.262 e. The lowest BCUT2D eigenvalue weighted by Crippen LogP contribution is -2.29. The predicted octanol–water partition coefficient (Wildman–Crippen LogP) is 4.20. The molecule has 0 aliphatic rings. The maximum absolute atomic E-state index is 12.2. The molecule has 8 heteroatoms. The molecule has 1 N–H and O–H groups in total. The molecule has 0 saturated heterocycles. The second kappa shape index (κ2) is 7.81. The fourth-order valence-corrected chi connectivity index (χ4v) is 4.00. The van der Waals surface area contributed by atoms with Crippen LogP contribution < -0.4 is 5.32 Å². The molecular weight excluding hydrogens is 401 g/mol. The Kier molecular flexibility index (Phi) is 6.97. The lowest BCUT2D eigenvalue weighted by atomic mass is 10.0. The first-order chi connectivity index (χ1) is 9.70. The van der Waals surface area contributed by atoms with E-state index in [1.54, 1.807) is 0 Å². The van der Waals surface area contributed by atoms with Gasteiger partial charge >= 0.3 is 0 Å². The highest BCUT2D eigenvalue weighted by Crippen LogP contribution is 2.31. The van der Waals surface area contributed by atoms with E-state index in [4.69, 9.17) is 22.3 Å². The monoisotopic (exact) mass is 415 g/mol. The number of benzene rings is 1. The maximum Gasteiger partial charge on any atom is 0.262 e. The number of rotatable bonds is 6. The molecule has 1 aromatic carbocycles. The minimum Gasteiger partial charge on any atom is -0.352 e. The number of nitrogens with one attached hydrogen (secondary N) is 1. The molecule has 0 heterocycles. The van der Waals surface area contributed by atoms with Crippen molar-refractivity contribution in [1.29, 1.82) is 0 Å². The van der Waals surface area contributed by atoms with Crippen molar-refractivity contribution >= 4 is 53.2 Å². The van der Waals surface area contributed by atoms with Crippen molar-refractivity contribution in [2.24, 2.45) is 5.92 Å². The van der Waals surface area contributed by atoms with Crippen LogP contribution in [0.5, 0.6) is 0 Å². The van der Waals surface area contributed by atoms with Gasteiger partial charge in [-0.2, -0.15) is 0 Å². The van der Waals surface area contributed by atoms with E-state index in [-0.39, 0.29) is 15.5 Å². The molecule has 0 radical (unpaired) electrons. The van der Waals surface area contributed by atoms with E-state index in [1.807, 2.05) is 13.8 Å². The lowest BCUT2D eigenvalue weighted by Gasteiger charge is -2.14. The van der Waals surface area contributed by atoms with E-state index in [0.29, 0.717) is 16.9 Å². The number of hydrogen-bond acceptors (Lipinski definition) is 3. The van der Waals surface area contributed by atoms with Gasteiger partial charge in [-0.15, -0.1) is 0 Å². The Morgan fingerprint density at radius 3 is 2.38 bits per heavy atom. The van der Waals surface area contributed by atoms with E-state index in [1.165, 1.54) is 12.1 Å². The fourth-order valence-electron chi connectivity index (χ4n) is 1.82. The number of carbonyl (C=O) groups excluding carboxylic acids is 1. The molecule has 0 fully saturated rings. The van der Waals surface area contributed by atoms with E-state index in [2.05, 4.69) is 21.2 Å². The molecule has 118 valence electrons. The highest BCUT2D eigenvalue weighted by molar-refractivity contribution is 9.10. The third-order valence-electron chi connectivity index (χ3n) is 3.22. The summed E-state index contributed by atoms with van der Waals surface area (Å²) in [5.74, 6) is -0.0501. The minimum atomic E-state index is -4.02. The van der Waals surface area contributed by atoms with Crippen molar-refractivity contribution in [3.8, 4) is 0 Å². The van der Waals surface area contributed by atoms with Gasteiger partial charge in [-0.3, -0.25) is 4.79 Å². The number of halogens is 3. The molecule has 4 nitrogen and oxygen atoms in total. The van der Waals surface area contributed by atoms with Crippen LogP contribution in [-0.2, 0) is 9.05 Å². The second-order valence-electron chi connectivity index (χ2n) is 4.60. The van der Waals surface area contributed by atoms with Crippen molar-refractivity contribution in [3.63, 3.8) is 0 Å². The highest BCUT2D eigenvalue weighted by atomic mass is 79.9. The second-order valence-corrected chi connectivity index (χ2v) is 8.42. The van der Waals surface area contributed by atoms with E-state index in [9.17, 15) is 13.2 Å². The summed E-state index contributed by atoms with van der Waals surface area (Å²) in [6.07, 6.45) is 1.90. The predicted molar refractivity (Wildman–Crippen MR) is 88.6 cm³/mol. The zero-order valence-electron chi connectivity index (χ0n) is 11.6. The zero-order valence-corrected chi connectivity index (χ0v) is 15.5. The SMILES string of the molecule is CCC(CC)CNC(=O)c1cc(Br)cc(S(=O)(=O)Cl)c1Cl. The molecule has 0 aliphatic heterocycles. The maximum atomic E-state index is 12.2. The molecule has 1 rings (SSSR count). The highest BCUT2D eigenvalue weighted by Gasteiger charge is 2.22. The molecule has 0 unspecified atom stereocenters. The molecule has 0 aromatic heterocycles. The van der Waals surface area contributed by atoms with Crippen LogP contribution in [0.3, 0.4) is 0 Å². The average Bonchev–Trinajstić information content (AvgIpc) is 2.40. The van der Waals surface area contributed by atoms with Crippen LogP contribution in [0.2, 0.25) is 5.02 Å². The molecular formula is C13H16BrCl2NO3S. The first-order valence-corrected chi connectivity index (χ1v) is 9.90. The van der Waals surface area contributed by atoms with Crippen LogP contribution in [0.1, 0.15) is 37.0 Å². The minimum absolute atomic E-state index is 0.0798. The number of amides is 1. The molecule has 1 amide bonds. The molecule has 0 saturated carbocycles. The first-order valence-electron chi connectivity index (χ1n) is 6.42. The van der Waals surface area contributed by atoms with Gasteiger partial charge in [-0.25, -0.2) is 8.42 Å². The van der Waals surface area contributed by atoms with Crippen LogP contribution in [0.25, 0.3) is 0 Å². The van der Waals surface area contributed by atoms with Gasteiger partial charge in [0.1, 0.15) is 4.90 Å². The first kappa shape index (κ1) is 18.7. The zero-order chi connectivity index (χ0) is 16.2. The molecule has 0 aliphatic carbocycles. The molecule has 0 atom stereocenters. The third-order valence-corrected chi connectivity index (χ3v) is 5.54. The standard InChI is InChI=1S/C13H16BrCl2NO3S/c1-3-8(4-2)7-17-13(18)10-5-9(14)6-11(12(10)15)21(16,19)20/h5-6,8H,3-4,7H2,1-2H3,(H,17,18). The van der Waals surface area contributed by atoms with Gasteiger partial charge in [0, 0.05) is 21.7 Å². The summed E-state index contributed by atoms with van der Waals surface area (Å²) < 4.78 is 23.4. The Hall–Kier alpha value is -0.300. The number of hydrogen-bond donors (Lipinski definition) is 1. The lowest BCUT2D eigenvalue weighted by molar-refractivity contribution is 0.0946. The summed E-state index contributed by atoms with van der Waals surface area (Å²) in [6, 6.07) is 2.73. The Bertz CT molecular complexity index is 631. The molecule has 0 spiro atoms. The van der Waals surface area contributed by atoms with Crippen LogP contribution in [0.4, 0.5) is 0 Å². The van der Waals surface area contributed by atoms with Crippen molar-refractivity contribution in [2.45, 2.75) is 31.6 Å². The van der Waals surface area contributed by atoms with Gasteiger partial charge in [-0.1, -0.05) is 54.2 Å². The number of carbonyl (C=O) groups is 1. The Morgan fingerprint density at radius 1 is 1.33 bits per heavy atom. The van der Waals surface area contributed by atoms with Crippen LogP contribution in [-0.4, -0.2) is 20.9 Å². The van der Waals surface area contributed by atoms with Crippen LogP contribution in [0, 0.1) is 5.92 Å². The van der Waals surface area contributed by atoms with Gasteiger partial charge in [0.15, 0.2) is 0 Å². The van der Waals surface area contributed by atoms with E-state index in [0.717, 1.165) is 12.8 Å². The molecule has 1 aromatic rings. The summed E-state index contributed by atoms with van der Waals surface area (Å²) >= 11 is 9.15. The van der Waals surface area contributed by atoms with Crippen LogP contribution in [0.15, 0.2) is 21.5 Å². The van der Waals surface area contributed by atoms with Crippen LogP contribution >= 0.6 is 38.2 Å². The summed E-state index contributed by atoms with van der Waals surface area (Å²) in [4.78, 5) is 11.9. The topological polar surface area (TPSA) is 63.2 Å². The fraction of sp³-hybridized carbons (Fsp3) is 0.462. The average molecular weight is 417 g/mol. The Balaban J connectivity index is 3.08. The van der Waals surface area contributed by atoms with Gasteiger partial charge < -0.3 is 5.32 Å². The van der Waals surface area contributed by atoms with Gasteiger partial charge in [0.25, 0.3) is 15.0 Å². The Morgan fingerprint density at radius 2 is 1.90 bits per heavy atom. The van der Waals surface area contributed by atoms with Gasteiger partial charge in [-0.05, 0) is 18.1 Å². The normalized spacial score (nSPS) is 11.7. The molecule has 21 heavy (non-hydrogen) atoms.